The molecule has 1 fully saturated rings. The Hall–Kier alpha value is -3.19. The number of anilines is 1. The van der Waals surface area contributed by atoms with Crippen LogP contribution in [0.4, 0.5) is 5.69 Å². The predicted octanol–water partition coefficient (Wildman–Crippen LogP) is 3.74. The van der Waals surface area contributed by atoms with Gasteiger partial charge in [-0.15, -0.1) is 0 Å². The number of benzene rings is 2. The summed E-state index contributed by atoms with van der Waals surface area (Å²) < 4.78 is 2.32. The van der Waals surface area contributed by atoms with Gasteiger partial charge in [-0.2, -0.15) is 0 Å². The fraction of sp³-hybridized carbons (Fsp3) is 0.136. The zero-order valence-electron chi connectivity index (χ0n) is 15.4. The first-order valence-electron chi connectivity index (χ1n) is 9.21. The summed E-state index contributed by atoms with van der Waals surface area (Å²) in [5.41, 5.74) is 1.50. The zero-order chi connectivity index (χ0) is 20.4. The highest BCUT2D eigenvalue weighted by molar-refractivity contribution is 9.10. The molecule has 0 bridgehead atoms. The molecule has 29 heavy (non-hydrogen) atoms. The fourth-order valence-electron chi connectivity index (χ4n) is 2.87. The summed E-state index contributed by atoms with van der Waals surface area (Å²) in [6.45, 7) is 0. The van der Waals surface area contributed by atoms with Gasteiger partial charge in [0, 0.05) is 33.6 Å². The molecule has 0 saturated heterocycles. The van der Waals surface area contributed by atoms with E-state index in [0.29, 0.717) is 16.9 Å². The van der Waals surface area contributed by atoms with Crippen molar-refractivity contribution < 1.29 is 9.59 Å². The van der Waals surface area contributed by atoms with Gasteiger partial charge in [0.1, 0.15) is 5.56 Å². The van der Waals surface area contributed by atoms with Crippen molar-refractivity contribution >= 4 is 33.4 Å². The molecule has 1 aliphatic carbocycles. The fourth-order valence-corrected chi connectivity index (χ4v) is 3.14. The molecule has 4 rings (SSSR count). The maximum atomic E-state index is 12.7. The largest absolute Gasteiger partial charge is 0.349 e. The van der Waals surface area contributed by atoms with E-state index in [0.717, 1.165) is 17.3 Å². The van der Waals surface area contributed by atoms with E-state index in [1.165, 1.54) is 10.6 Å². The molecule has 2 amide bonds. The van der Waals surface area contributed by atoms with E-state index in [1.54, 1.807) is 60.8 Å². The van der Waals surface area contributed by atoms with Crippen LogP contribution < -0.4 is 16.2 Å². The maximum Gasteiger partial charge on any atom is 0.267 e. The quantitative estimate of drug-likeness (QED) is 0.619. The highest BCUT2D eigenvalue weighted by Gasteiger charge is 2.25. The van der Waals surface area contributed by atoms with E-state index < -0.39 is 0 Å². The van der Waals surface area contributed by atoms with E-state index in [2.05, 4.69) is 26.6 Å². The van der Waals surface area contributed by atoms with Gasteiger partial charge in [-0.1, -0.05) is 15.9 Å². The van der Waals surface area contributed by atoms with Gasteiger partial charge in [-0.05, 0) is 73.5 Å². The van der Waals surface area contributed by atoms with Crippen molar-refractivity contribution in [3.8, 4) is 5.69 Å². The molecule has 6 nitrogen and oxygen atoms in total. The minimum absolute atomic E-state index is 0.118. The second-order valence-electron chi connectivity index (χ2n) is 6.85. The van der Waals surface area contributed by atoms with Crippen LogP contribution in [-0.4, -0.2) is 22.4 Å². The molecular weight excluding hydrogens is 434 g/mol. The molecule has 1 saturated carbocycles. The van der Waals surface area contributed by atoms with Crippen LogP contribution in [0.25, 0.3) is 5.69 Å². The number of hydrogen-bond acceptors (Lipinski definition) is 3. The second kappa shape index (κ2) is 8.05. The Morgan fingerprint density at radius 1 is 0.931 bits per heavy atom. The van der Waals surface area contributed by atoms with Crippen molar-refractivity contribution in [2.45, 2.75) is 18.9 Å². The average Bonchev–Trinajstić information content (AvgIpc) is 3.53. The van der Waals surface area contributed by atoms with Crippen LogP contribution in [0.2, 0.25) is 0 Å². The molecule has 0 unspecified atom stereocenters. The Balaban J connectivity index is 1.52. The topological polar surface area (TPSA) is 80.2 Å². The van der Waals surface area contributed by atoms with Gasteiger partial charge in [-0.3, -0.25) is 19.0 Å². The van der Waals surface area contributed by atoms with Crippen LogP contribution in [0.1, 0.15) is 33.6 Å². The molecule has 2 aromatic carbocycles. The molecule has 7 heteroatoms. The number of hydrogen-bond donors (Lipinski definition) is 2. The van der Waals surface area contributed by atoms with Crippen LogP contribution in [0.5, 0.6) is 0 Å². The summed E-state index contributed by atoms with van der Waals surface area (Å²) in [5.74, 6) is -0.564. The number of pyridine rings is 1. The molecule has 2 N–H and O–H groups in total. The lowest BCUT2D eigenvalue weighted by atomic mass is 10.2. The number of nitrogens with one attached hydrogen (secondary N) is 2. The SMILES string of the molecule is O=C(Nc1ccc(-n2cccc(C(=O)NC3CC3)c2=O)cc1)c1ccc(Br)cc1. The molecule has 1 aromatic heterocycles. The minimum atomic E-state index is -0.378. The molecule has 0 aliphatic heterocycles. The Bertz CT molecular complexity index is 1120. The molecular formula is C22H18BrN3O3. The number of aromatic nitrogens is 1. The first-order chi connectivity index (χ1) is 14.0. The highest BCUT2D eigenvalue weighted by atomic mass is 79.9. The number of rotatable bonds is 5. The van der Waals surface area contributed by atoms with Crippen molar-refractivity contribution in [2.24, 2.45) is 0 Å². The monoisotopic (exact) mass is 451 g/mol. The summed E-state index contributed by atoms with van der Waals surface area (Å²) in [5, 5.41) is 5.66. The summed E-state index contributed by atoms with van der Waals surface area (Å²) in [7, 11) is 0. The van der Waals surface area contributed by atoms with Crippen LogP contribution in [0, 0.1) is 0 Å². The third kappa shape index (κ3) is 4.46. The normalized spacial score (nSPS) is 13.0. The number of carbonyl (C=O) groups is 2. The Morgan fingerprint density at radius 3 is 2.28 bits per heavy atom. The number of halogens is 1. The Kier molecular flexibility index (Phi) is 5.31. The lowest BCUT2D eigenvalue weighted by Gasteiger charge is -2.10. The van der Waals surface area contributed by atoms with Gasteiger partial charge in [0.15, 0.2) is 0 Å². The third-order valence-corrected chi connectivity index (χ3v) is 5.14. The van der Waals surface area contributed by atoms with E-state index in [-0.39, 0.29) is 29.0 Å². The number of nitrogens with zero attached hydrogens (tertiary/aromatic N) is 1. The van der Waals surface area contributed by atoms with Crippen molar-refractivity contribution in [3.05, 3.63) is 92.8 Å². The molecule has 146 valence electrons. The maximum absolute atomic E-state index is 12.7. The van der Waals surface area contributed by atoms with Gasteiger partial charge in [0.05, 0.1) is 0 Å². The lowest BCUT2D eigenvalue weighted by molar-refractivity contribution is 0.0948. The number of carbonyl (C=O) groups excluding carboxylic acids is 2. The smallest absolute Gasteiger partial charge is 0.267 e. The molecule has 3 aromatic rings. The van der Waals surface area contributed by atoms with Crippen LogP contribution >= 0.6 is 15.9 Å². The predicted molar refractivity (Wildman–Crippen MR) is 115 cm³/mol. The van der Waals surface area contributed by atoms with E-state index in [9.17, 15) is 14.4 Å². The molecule has 0 atom stereocenters. The van der Waals surface area contributed by atoms with E-state index >= 15 is 0 Å². The van der Waals surface area contributed by atoms with E-state index in [4.69, 9.17) is 0 Å². The van der Waals surface area contributed by atoms with Gasteiger partial charge in [0.25, 0.3) is 17.4 Å². The van der Waals surface area contributed by atoms with Crippen LogP contribution in [0.15, 0.2) is 76.1 Å². The third-order valence-electron chi connectivity index (χ3n) is 4.61. The van der Waals surface area contributed by atoms with Gasteiger partial charge < -0.3 is 10.6 Å². The van der Waals surface area contributed by atoms with Crippen LogP contribution in [-0.2, 0) is 0 Å². The standard InChI is InChI=1S/C22H18BrN3O3/c23-15-5-3-14(4-6-15)20(27)24-17-9-11-18(12-10-17)26-13-1-2-19(22(26)29)21(28)25-16-7-8-16/h1-6,9-13,16H,7-8H2,(H,24,27)(H,25,28). The number of amides is 2. The van der Waals surface area contributed by atoms with Gasteiger partial charge >= 0.3 is 0 Å². The van der Waals surface area contributed by atoms with Crippen molar-refractivity contribution in [1.82, 2.24) is 9.88 Å². The zero-order valence-corrected chi connectivity index (χ0v) is 17.0. The van der Waals surface area contributed by atoms with Gasteiger partial charge in [0.2, 0.25) is 0 Å². The average molecular weight is 452 g/mol. The Morgan fingerprint density at radius 2 is 1.62 bits per heavy atom. The summed E-state index contributed by atoms with van der Waals surface area (Å²) in [6.07, 6.45) is 3.53. The van der Waals surface area contributed by atoms with Crippen molar-refractivity contribution in [3.63, 3.8) is 0 Å². The van der Waals surface area contributed by atoms with Crippen molar-refractivity contribution in [1.29, 1.82) is 0 Å². The minimum Gasteiger partial charge on any atom is -0.349 e. The highest BCUT2D eigenvalue weighted by Crippen LogP contribution is 2.19. The summed E-state index contributed by atoms with van der Waals surface area (Å²) in [6, 6.07) is 17.3. The first-order valence-corrected chi connectivity index (χ1v) is 10.0. The van der Waals surface area contributed by atoms with E-state index in [1.807, 2.05) is 0 Å². The molecule has 0 radical (unpaired) electrons. The summed E-state index contributed by atoms with van der Waals surface area (Å²) >= 11 is 3.34. The van der Waals surface area contributed by atoms with Gasteiger partial charge in [-0.25, -0.2) is 0 Å². The molecule has 1 aliphatic rings. The Labute approximate surface area is 175 Å². The summed E-state index contributed by atoms with van der Waals surface area (Å²) in [4.78, 5) is 37.3. The van der Waals surface area contributed by atoms with Crippen LogP contribution in [0.3, 0.4) is 0 Å². The lowest BCUT2D eigenvalue weighted by Crippen LogP contribution is -2.33. The van der Waals surface area contributed by atoms with Crippen molar-refractivity contribution in [2.75, 3.05) is 5.32 Å². The second-order valence-corrected chi connectivity index (χ2v) is 7.77. The molecule has 0 spiro atoms. The molecule has 1 heterocycles. The first kappa shape index (κ1) is 19.1.